The molecular weight excluding hydrogens is 268 g/mol. The molecule has 1 aromatic heterocycles. The van der Waals surface area contributed by atoms with E-state index < -0.39 is 0 Å². The van der Waals surface area contributed by atoms with Gasteiger partial charge in [0.05, 0.1) is 18.3 Å². The van der Waals surface area contributed by atoms with E-state index in [1.807, 2.05) is 7.05 Å². The van der Waals surface area contributed by atoms with Crippen LogP contribution in [0.15, 0.2) is 23.6 Å². The van der Waals surface area contributed by atoms with Gasteiger partial charge in [0, 0.05) is 11.8 Å². The molecule has 0 amide bonds. The van der Waals surface area contributed by atoms with Gasteiger partial charge in [0.25, 0.3) is 0 Å². The predicted molar refractivity (Wildman–Crippen MR) is 82.7 cm³/mol. The molecule has 1 aromatic carbocycles. The van der Waals surface area contributed by atoms with Gasteiger partial charge in [-0.3, -0.25) is 0 Å². The van der Waals surface area contributed by atoms with Crippen molar-refractivity contribution in [2.24, 2.45) is 0 Å². The van der Waals surface area contributed by atoms with Crippen LogP contribution in [-0.2, 0) is 6.42 Å². The summed E-state index contributed by atoms with van der Waals surface area (Å²) < 4.78 is 5.57. The molecule has 3 rings (SSSR count). The van der Waals surface area contributed by atoms with Gasteiger partial charge in [0.15, 0.2) is 0 Å². The van der Waals surface area contributed by atoms with Crippen LogP contribution in [0.25, 0.3) is 0 Å². The molecule has 1 N–H and O–H groups in total. The second-order valence-corrected chi connectivity index (χ2v) is 6.34. The average molecular weight is 288 g/mol. The zero-order valence-electron chi connectivity index (χ0n) is 12.1. The second kappa shape index (κ2) is 5.54. The summed E-state index contributed by atoms with van der Waals surface area (Å²) in [4.78, 5) is 4.78. The Balaban J connectivity index is 1.92. The lowest BCUT2D eigenvalue weighted by atomic mass is 10.0. The zero-order chi connectivity index (χ0) is 14.1. The van der Waals surface area contributed by atoms with Gasteiger partial charge in [0.1, 0.15) is 10.8 Å². The van der Waals surface area contributed by atoms with Gasteiger partial charge in [-0.1, -0.05) is 19.9 Å². The number of hydrogen-bond acceptors (Lipinski definition) is 4. The number of fused-ring (bicyclic) bond motifs is 1. The van der Waals surface area contributed by atoms with Gasteiger partial charge in [-0.25, -0.2) is 4.98 Å². The Morgan fingerprint density at radius 1 is 1.35 bits per heavy atom. The Morgan fingerprint density at radius 2 is 2.20 bits per heavy atom. The molecule has 1 unspecified atom stereocenters. The van der Waals surface area contributed by atoms with Crippen molar-refractivity contribution < 1.29 is 4.74 Å². The van der Waals surface area contributed by atoms with Crippen molar-refractivity contribution in [3.8, 4) is 5.75 Å². The van der Waals surface area contributed by atoms with E-state index in [-0.39, 0.29) is 6.04 Å². The number of rotatable bonds is 4. The summed E-state index contributed by atoms with van der Waals surface area (Å²) in [5.41, 5.74) is 3.75. The van der Waals surface area contributed by atoms with E-state index in [9.17, 15) is 0 Å². The molecule has 106 valence electrons. The van der Waals surface area contributed by atoms with Crippen LogP contribution in [0.1, 0.15) is 47.6 Å². The third-order valence-corrected chi connectivity index (χ3v) is 4.64. The highest BCUT2D eigenvalue weighted by Crippen LogP contribution is 2.32. The summed E-state index contributed by atoms with van der Waals surface area (Å²) in [5.74, 6) is 1.51. The maximum absolute atomic E-state index is 5.57. The van der Waals surface area contributed by atoms with Crippen molar-refractivity contribution in [3.63, 3.8) is 0 Å². The summed E-state index contributed by atoms with van der Waals surface area (Å²) in [6.45, 7) is 5.16. The molecule has 0 saturated heterocycles. The molecule has 20 heavy (non-hydrogen) atoms. The average Bonchev–Trinajstić information content (AvgIpc) is 3.07. The Bertz CT molecular complexity index is 606. The fourth-order valence-corrected chi connectivity index (χ4v) is 3.63. The van der Waals surface area contributed by atoms with Crippen molar-refractivity contribution in [2.75, 3.05) is 13.7 Å². The van der Waals surface area contributed by atoms with Crippen LogP contribution in [-0.4, -0.2) is 18.6 Å². The molecule has 2 heterocycles. The van der Waals surface area contributed by atoms with Gasteiger partial charge >= 0.3 is 0 Å². The fraction of sp³-hybridized carbons (Fsp3) is 0.438. The molecule has 2 aromatic rings. The molecule has 0 radical (unpaired) electrons. The van der Waals surface area contributed by atoms with Crippen LogP contribution in [0.4, 0.5) is 0 Å². The molecular formula is C16H20N2OS. The van der Waals surface area contributed by atoms with Gasteiger partial charge in [0.2, 0.25) is 0 Å². The van der Waals surface area contributed by atoms with Crippen LogP contribution in [0.5, 0.6) is 5.75 Å². The van der Waals surface area contributed by atoms with E-state index >= 15 is 0 Å². The first kappa shape index (κ1) is 13.6. The largest absolute Gasteiger partial charge is 0.493 e. The second-order valence-electron chi connectivity index (χ2n) is 5.45. The number of ether oxygens (including phenoxy) is 1. The van der Waals surface area contributed by atoms with E-state index in [1.165, 1.54) is 16.8 Å². The van der Waals surface area contributed by atoms with Crippen LogP contribution in [0, 0.1) is 0 Å². The Morgan fingerprint density at radius 3 is 2.90 bits per heavy atom. The van der Waals surface area contributed by atoms with Gasteiger partial charge < -0.3 is 10.1 Å². The lowest BCUT2D eigenvalue weighted by Gasteiger charge is -2.15. The van der Waals surface area contributed by atoms with E-state index in [4.69, 9.17) is 9.72 Å². The topological polar surface area (TPSA) is 34.1 Å². The van der Waals surface area contributed by atoms with E-state index in [0.717, 1.165) is 23.8 Å². The molecule has 1 aliphatic rings. The number of nitrogens with one attached hydrogen (secondary N) is 1. The van der Waals surface area contributed by atoms with Crippen LogP contribution >= 0.6 is 11.3 Å². The number of benzene rings is 1. The summed E-state index contributed by atoms with van der Waals surface area (Å²) in [5, 5.41) is 6.69. The standard InChI is InChI=1S/C16H20N2OS/c1-10(2)13-9-20-16(18-13)15(17-3)12-4-5-14-11(8-12)6-7-19-14/h4-5,8-10,15,17H,6-7H2,1-3H3. The molecule has 0 saturated carbocycles. The quantitative estimate of drug-likeness (QED) is 0.935. The normalized spacial score (nSPS) is 15.2. The zero-order valence-corrected chi connectivity index (χ0v) is 13.0. The van der Waals surface area contributed by atoms with Crippen LogP contribution < -0.4 is 10.1 Å². The van der Waals surface area contributed by atoms with Crippen molar-refractivity contribution in [3.05, 3.63) is 45.4 Å². The smallest absolute Gasteiger partial charge is 0.122 e. The number of hydrogen-bond donors (Lipinski definition) is 1. The monoisotopic (exact) mass is 288 g/mol. The van der Waals surface area contributed by atoms with Crippen LogP contribution in [0.3, 0.4) is 0 Å². The maximum Gasteiger partial charge on any atom is 0.122 e. The molecule has 0 bridgehead atoms. The molecule has 1 aliphatic heterocycles. The number of thiazole rings is 1. The Kier molecular flexibility index (Phi) is 3.76. The first-order valence-corrected chi connectivity index (χ1v) is 7.95. The molecule has 0 fully saturated rings. The fourth-order valence-electron chi connectivity index (χ4n) is 2.52. The van der Waals surface area contributed by atoms with Gasteiger partial charge in [-0.15, -0.1) is 11.3 Å². The molecule has 0 spiro atoms. The highest BCUT2D eigenvalue weighted by Gasteiger charge is 2.20. The lowest BCUT2D eigenvalue weighted by Crippen LogP contribution is -2.17. The summed E-state index contributed by atoms with van der Waals surface area (Å²) in [7, 11) is 1.99. The number of nitrogens with zero attached hydrogens (tertiary/aromatic N) is 1. The van der Waals surface area contributed by atoms with Crippen molar-refractivity contribution in [1.29, 1.82) is 0 Å². The summed E-state index contributed by atoms with van der Waals surface area (Å²) in [6, 6.07) is 6.64. The van der Waals surface area contributed by atoms with Crippen molar-refractivity contribution in [2.45, 2.75) is 32.2 Å². The minimum atomic E-state index is 0.165. The third-order valence-electron chi connectivity index (χ3n) is 3.71. The third kappa shape index (κ3) is 2.45. The predicted octanol–water partition coefficient (Wildman–Crippen LogP) is 3.51. The lowest BCUT2D eigenvalue weighted by molar-refractivity contribution is 0.357. The minimum absolute atomic E-state index is 0.165. The molecule has 3 nitrogen and oxygen atoms in total. The van der Waals surface area contributed by atoms with E-state index in [1.54, 1.807) is 11.3 Å². The Labute approximate surface area is 124 Å². The van der Waals surface area contributed by atoms with Crippen molar-refractivity contribution >= 4 is 11.3 Å². The molecule has 4 heteroatoms. The first-order chi connectivity index (χ1) is 9.69. The Hall–Kier alpha value is -1.39. The number of aromatic nitrogens is 1. The SMILES string of the molecule is CNC(c1ccc2c(c1)CCO2)c1nc(C(C)C)cs1. The highest BCUT2D eigenvalue weighted by molar-refractivity contribution is 7.09. The summed E-state index contributed by atoms with van der Waals surface area (Å²) >= 11 is 1.73. The van der Waals surface area contributed by atoms with E-state index in [0.29, 0.717) is 5.92 Å². The van der Waals surface area contributed by atoms with Gasteiger partial charge in [-0.05, 0) is 36.2 Å². The van der Waals surface area contributed by atoms with Gasteiger partial charge in [-0.2, -0.15) is 0 Å². The minimum Gasteiger partial charge on any atom is -0.493 e. The van der Waals surface area contributed by atoms with E-state index in [2.05, 4.69) is 42.7 Å². The molecule has 1 atom stereocenters. The van der Waals surface area contributed by atoms with Crippen molar-refractivity contribution in [1.82, 2.24) is 10.3 Å². The summed E-state index contributed by atoms with van der Waals surface area (Å²) in [6.07, 6.45) is 1.01. The highest BCUT2D eigenvalue weighted by atomic mass is 32.1. The maximum atomic E-state index is 5.57. The first-order valence-electron chi connectivity index (χ1n) is 7.07. The van der Waals surface area contributed by atoms with Crippen LogP contribution in [0.2, 0.25) is 0 Å². The molecule has 0 aliphatic carbocycles.